The summed E-state index contributed by atoms with van der Waals surface area (Å²) >= 11 is 0. The second kappa shape index (κ2) is 9.62. The van der Waals surface area contributed by atoms with Crippen molar-refractivity contribution in [2.75, 3.05) is 6.54 Å². The molecule has 2 N–H and O–H groups in total. The van der Waals surface area contributed by atoms with Crippen molar-refractivity contribution in [1.82, 2.24) is 9.05 Å². The second-order valence-corrected chi connectivity index (χ2v) is 9.80. The summed E-state index contributed by atoms with van der Waals surface area (Å²) in [4.78, 5) is 41.1. The zero-order chi connectivity index (χ0) is 24.4. The SMILES string of the molecule is NC(=O)[C@@H]1CCC[N+]1(C(=O)[C@@H]1CCCC[C@@H]1C(=O)c1ccccc1)c1ccccc1-n1cccc1. The standard InChI is InChI=1S/C29H31N3O3/c30-28(34)26-17-10-20-32(26,25-16-7-6-15-24(25)31-18-8-9-19-31)29(35)23-14-5-4-13-22(23)27(33)21-11-2-1-3-12-21/h1-3,6-9,11-12,15-16,18-19,22-23,26H,4-5,10,13-14,17,20H2,(H-,30,34)/p+1/t22-,23+,26-,32?/m0/s1. The van der Waals surface area contributed by atoms with Crippen molar-refractivity contribution < 1.29 is 14.4 Å². The topological polar surface area (TPSA) is 82.2 Å². The maximum atomic E-state index is 14.7. The molecule has 3 aromatic rings. The molecule has 0 spiro atoms. The van der Waals surface area contributed by atoms with Crippen LogP contribution in [0.2, 0.25) is 0 Å². The number of carbonyl (C=O) groups is 3. The minimum absolute atomic E-state index is 0.0234. The maximum absolute atomic E-state index is 14.7. The van der Waals surface area contributed by atoms with Gasteiger partial charge in [-0.25, -0.2) is 9.28 Å². The van der Waals surface area contributed by atoms with Gasteiger partial charge in [0.1, 0.15) is 5.69 Å². The minimum atomic E-state index is -0.645. The molecule has 1 aliphatic carbocycles. The maximum Gasteiger partial charge on any atom is 0.323 e. The zero-order valence-electron chi connectivity index (χ0n) is 19.9. The number of aromatic nitrogens is 1. The molecule has 1 aliphatic heterocycles. The molecule has 2 aromatic carbocycles. The molecule has 6 heteroatoms. The predicted octanol–water partition coefficient (Wildman–Crippen LogP) is 4.65. The number of para-hydroxylation sites is 2. The van der Waals surface area contributed by atoms with Crippen LogP contribution in [-0.4, -0.2) is 34.8 Å². The first-order valence-electron chi connectivity index (χ1n) is 12.6. The number of benzene rings is 2. The lowest BCUT2D eigenvalue weighted by Crippen LogP contribution is -2.64. The fourth-order valence-electron chi connectivity index (χ4n) is 6.31. The Morgan fingerprint density at radius 1 is 0.771 bits per heavy atom. The Balaban J connectivity index is 1.63. The van der Waals surface area contributed by atoms with Crippen LogP contribution in [0.1, 0.15) is 48.9 Å². The number of hydrogen-bond acceptors (Lipinski definition) is 3. The molecule has 1 saturated carbocycles. The normalized spacial score (nSPS) is 26.3. The van der Waals surface area contributed by atoms with Gasteiger partial charge >= 0.3 is 5.91 Å². The number of nitrogens with two attached hydrogens (primary N) is 1. The zero-order valence-corrected chi connectivity index (χ0v) is 19.9. The first-order chi connectivity index (χ1) is 17.0. The van der Waals surface area contributed by atoms with Crippen LogP contribution in [0, 0.1) is 11.8 Å². The van der Waals surface area contributed by atoms with Crippen molar-refractivity contribution in [3.8, 4) is 5.69 Å². The third kappa shape index (κ3) is 4.02. The van der Waals surface area contributed by atoms with Crippen molar-refractivity contribution in [2.24, 2.45) is 17.6 Å². The summed E-state index contributed by atoms with van der Waals surface area (Å²) in [6.45, 7) is 0.507. The van der Waals surface area contributed by atoms with Gasteiger partial charge in [-0.2, -0.15) is 0 Å². The highest BCUT2D eigenvalue weighted by Gasteiger charge is 2.57. The number of likely N-dealkylation sites (tertiary alicyclic amines) is 1. The van der Waals surface area contributed by atoms with E-state index >= 15 is 0 Å². The summed E-state index contributed by atoms with van der Waals surface area (Å²) in [6, 6.07) is 20.3. The quantitative estimate of drug-likeness (QED) is 0.421. The van der Waals surface area contributed by atoms with Crippen molar-refractivity contribution in [1.29, 1.82) is 0 Å². The minimum Gasteiger partial charge on any atom is -0.364 e. The van der Waals surface area contributed by atoms with Gasteiger partial charge < -0.3 is 10.3 Å². The molecule has 35 heavy (non-hydrogen) atoms. The van der Waals surface area contributed by atoms with Crippen LogP contribution in [0.5, 0.6) is 0 Å². The molecule has 4 atom stereocenters. The van der Waals surface area contributed by atoms with Crippen molar-refractivity contribution in [2.45, 2.75) is 44.6 Å². The van der Waals surface area contributed by atoms with Crippen LogP contribution in [0.4, 0.5) is 5.69 Å². The van der Waals surface area contributed by atoms with E-state index in [1.165, 1.54) is 0 Å². The highest BCUT2D eigenvalue weighted by molar-refractivity contribution is 6.04. The van der Waals surface area contributed by atoms with Gasteiger partial charge in [0.05, 0.1) is 12.5 Å². The lowest BCUT2D eigenvalue weighted by atomic mass is 9.74. The first kappa shape index (κ1) is 23.2. The smallest absolute Gasteiger partial charge is 0.323 e. The van der Waals surface area contributed by atoms with Gasteiger partial charge in [0.25, 0.3) is 5.91 Å². The Bertz CT molecular complexity index is 1220. The molecule has 1 saturated heterocycles. The van der Waals surface area contributed by atoms with E-state index in [0.29, 0.717) is 31.4 Å². The third-order valence-corrected chi connectivity index (χ3v) is 7.91. The van der Waals surface area contributed by atoms with Gasteiger partial charge in [-0.15, -0.1) is 0 Å². The van der Waals surface area contributed by atoms with E-state index in [4.69, 9.17) is 5.73 Å². The van der Waals surface area contributed by atoms with Gasteiger partial charge in [-0.05, 0) is 31.0 Å². The lowest BCUT2D eigenvalue weighted by molar-refractivity contribution is -0.141. The molecule has 0 bridgehead atoms. The molecule has 6 nitrogen and oxygen atoms in total. The summed E-state index contributed by atoms with van der Waals surface area (Å²) in [5.74, 6) is -1.31. The van der Waals surface area contributed by atoms with E-state index in [1.807, 2.05) is 83.7 Å². The number of carbonyl (C=O) groups excluding carboxylic acids is 3. The van der Waals surface area contributed by atoms with Crippen LogP contribution in [0.15, 0.2) is 79.1 Å². The molecule has 180 valence electrons. The number of quaternary nitrogens is 1. The highest BCUT2D eigenvalue weighted by Crippen LogP contribution is 2.44. The second-order valence-electron chi connectivity index (χ2n) is 9.80. The number of Topliss-reactive ketones (excluding diaryl/α,β-unsaturated/α-hetero) is 1. The van der Waals surface area contributed by atoms with Gasteiger partial charge in [0.2, 0.25) is 0 Å². The van der Waals surface area contributed by atoms with Crippen LogP contribution < -0.4 is 10.2 Å². The Morgan fingerprint density at radius 2 is 1.43 bits per heavy atom. The van der Waals surface area contributed by atoms with E-state index in [0.717, 1.165) is 30.6 Å². The molecular weight excluding hydrogens is 438 g/mol. The Kier molecular flexibility index (Phi) is 6.39. The van der Waals surface area contributed by atoms with E-state index in [-0.39, 0.29) is 22.1 Å². The van der Waals surface area contributed by atoms with Crippen LogP contribution in [-0.2, 0) is 9.59 Å². The lowest BCUT2D eigenvalue weighted by Gasteiger charge is -2.41. The highest BCUT2D eigenvalue weighted by atomic mass is 16.2. The van der Waals surface area contributed by atoms with Gasteiger partial charge in [-0.1, -0.05) is 55.3 Å². The summed E-state index contributed by atoms with van der Waals surface area (Å²) in [6.07, 6.45) is 8.33. The predicted molar refractivity (Wildman–Crippen MR) is 136 cm³/mol. The van der Waals surface area contributed by atoms with E-state index in [9.17, 15) is 14.4 Å². The average molecular weight is 471 g/mol. The largest absolute Gasteiger partial charge is 0.364 e. The van der Waals surface area contributed by atoms with Crippen LogP contribution in [0.3, 0.4) is 0 Å². The molecule has 2 aliphatic rings. The van der Waals surface area contributed by atoms with E-state index < -0.39 is 17.9 Å². The molecule has 2 heterocycles. The van der Waals surface area contributed by atoms with Crippen molar-refractivity contribution in [3.05, 3.63) is 84.7 Å². The molecule has 1 aromatic heterocycles. The van der Waals surface area contributed by atoms with E-state index in [2.05, 4.69) is 0 Å². The first-order valence-corrected chi connectivity index (χ1v) is 12.6. The molecular formula is C29H32N3O3+. The van der Waals surface area contributed by atoms with E-state index in [1.54, 1.807) is 0 Å². The van der Waals surface area contributed by atoms with Crippen LogP contribution in [0.25, 0.3) is 5.69 Å². The molecule has 0 radical (unpaired) electrons. The fourth-order valence-corrected chi connectivity index (χ4v) is 6.31. The summed E-state index contributed by atoms with van der Waals surface area (Å²) in [7, 11) is 0. The fraction of sp³-hybridized carbons (Fsp3) is 0.345. The molecule has 2 amide bonds. The Labute approximate surface area is 205 Å². The summed E-state index contributed by atoms with van der Waals surface area (Å²) in [5, 5.41) is 0. The van der Waals surface area contributed by atoms with Gasteiger partial charge in [0.15, 0.2) is 17.5 Å². The Hall–Kier alpha value is -3.51. The Morgan fingerprint density at radius 3 is 2.14 bits per heavy atom. The molecule has 1 unspecified atom stereocenters. The van der Waals surface area contributed by atoms with Crippen LogP contribution >= 0.6 is 0 Å². The summed E-state index contributed by atoms with van der Waals surface area (Å²) < 4.78 is 1.87. The average Bonchev–Trinajstić information content (AvgIpc) is 3.60. The number of primary amides is 1. The number of rotatable bonds is 6. The van der Waals surface area contributed by atoms with Crippen molar-refractivity contribution >= 4 is 23.3 Å². The van der Waals surface area contributed by atoms with Gasteiger partial charge in [0, 0.05) is 42.8 Å². The molecule has 5 rings (SSSR count). The number of ketones is 1. The number of nitrogens with zero attached hydrogens (tertiary/aromatic N) is 2. The summed E-state index contributed by atoms with van der Waals surface area (Å²) in [5.41, 5.74) is 8.24. The van der Waals surface area contributed by atoms with Gasteiger partial charge in [-0.3, -0.25) is 9.59 Å². The third-order valence-electron chi connectivity index (χ3n) is 7.91. The van der Waals surface area contributed by atoms with Crippen molar-refractivity contribution in [3.63, 3.8) is 0 Å². The number of amides is 2. The molecule has 2 fully saturated rings. The number of hydrogen-bond donors (Lipinski definition) is 1. The monoisotopic (exact) mass is 470 g/mol.